The molecule has 94 valence electrons. The van der Waals surface area contributed by atoms with Gasteiger partial charge in [-0.05, 0) is 63.4 Å². The molecular weight excluding hydrogens is 215 g/mol. The largest absolute Gasteiger partial charge is 0.382 e. The molecule has 2 atom stereocenters. The van der Waals surface area contributed by atoms with Crippen molar-refractivity contribution in [2.75, 3.05) is 11.9 Å². The lowest BCUT2D eigenvalue weighted by atomic mass is 10.1. The zero-order chi connectivity index (χ0) is 12.3. The van der Waals surface area contributed by atoms with Gasteiger partial charge in [0.1, 0.15) is 5.82 Å². The molecule has 17 heavy (non-hydrogen) atoms. The summed E-state index contributed by atoms with van der Waals surface area (Å²) in [4.78, 5) is 0. The summed E-state index contributed by atoms with van der Waals surface area (Å²) in [6.45, 7) is 5.20. The van der Waals surface area contributed by atoms with E-state index in [2.05, 4.69) is 17.6 Å². The van der Waals surface area contributed by atoms with E-state index in [4.69, 9.17) is 0 Å². The van der Waals surface area contributed by atoms with E-state index in [1.54, 1.807) is 12.1 Å². The summed E-state index contributed by atoms with van der Waals surface area (Å²) in [5.74, 6) is -0.168. The van der Waals surface area contributed by atoms with Gasteiger partial charge in [0, 0.05) is 17.8 Å². The van der Waals surface area contributed by atoms with Gasteiger partial charge in [-0.3, -0.25) is 0 Å². The summed E-state index contributed by atoms with van der Waals surface area (Å²) >= 11 is 0. The molecule has 2 rings (SSSR count). The molecule has 1 aliphatic rings. The molecule has 0 saturated carbocycles. The van der Waals surface area contributed by atoms with Crippen molar-refractivity contribution in [2.45, 2.75) is 45.2 Å². The molecule has 0 amide bonds. The van der Waals surface area contributed by atoms with Gasteiger partial charge in [0.25, 0.3) is 0 Å². The average molecular weight is 236 g/mol. The summed E-state index contributed by atoms with van der Waals surface area (Å²) in [5.41, 5.74) is 1.84. The molecule has 1 aromatic rings. The van der Waals surface area contributed by atoms with E-state index >= 15 is 0 Å². The molecule has 0 spiro atoms. The van der Waals surface area contributed by atoms with Gasteiger partial charge >= 0.3 is 0 Å². The highest BCUT2D eigenvalue weighted by molar-refractivity contribution is 5.46. The smallest absolute Gasteiger partial charge is 0.125 e. The lowest BCUT2D eigenvalue weighted by Crippen LogP contribution is -2.29. The van der Waals surface area contributed by atoms with Gasteiger partial charge in [-0.1, -0.05) is 0 Å². The van der Waals surface area contributed by atoms with Crippen LogP contribution in [0.2, 0.25) is 0 Å². The van der Waals surface area contributed by atoms with Crippen molar-refractivity contribution < 1.29 is 4.39 Å². The average Bonchev–Trinajstić information content (AvgIpc) is 2.67. The summed E-state index contributed by atoms with van der Waals surface area (Å²) < 4.78 is 13.2. The van der Waals surface area contributed by atoms with Crippen LogP contribution in [0.3, 0.4) is 0 Å². The van der Waals surface area contributed by atoms with Gasteiger partial charge in [0.15, 0.2) is 0 Å². The standard InChI is InChI=1S/C14H21FN2/c1-10-6-12(15)9-14(7-10)17-11(2)8-13-4-3-5-16-13/h6-7,9,11,13,16-17H,3-5,8H2,1-2H3. The highest BCUT2D eigenvalue weighted by Gasteiger charge is 2.16. The van der Waals surface area contributed by atoms with Crippen LogP contribution in [0.15, 0.2) is 18.2 Å². The minimum Gasteiger partial charge on any atom is -0.382 e. The number of hydrogen-bond acceptors (Lipinski definition) is 2. The SMILES string of the molecule is Cc1cc(F)cc(NC(C)CC2CCCN2)c1. The lowest BCUT2D eigenvalue weighted by molar-refractivity contribution is 0.523. The van der Waals surface area contributed by atoms with Crippen LogP contribution in [0.25, 0.3) is 0 Å². The van der Waals surface area contributed by atoms with Gasteiger partial charge in [-0.15, -0.1) is 0 Å². The van der Waals surface area contributed by atoms with Gasteiger partial charge in [-0.2, -0.15) is 0 Å². The van der Waals surface area contributed by atoms with Crippen LogP contribution in [0.1, 0.15) is 31.7 Å². The van der Waals surface area contributed by atoms with E-state index in [0.29, 0.717) is 12.1 Å². The van der Waals surface area contributed by atoms with Crippen molar-refractivity contribution in [1.82, 2.24) is 5.32 Å². The Kier molecular flexibility index (Phi) is 4.00. The fourth-order valence-electron chi connectivity index (χ4n) is 2.55. The Hall–Kier alpha value is -1.09. The molecule has 0 radical (unpaired) electrons. The zero-order valence-corrected chi connectivity index (χ0v) is 10.6. The molecule has 1 heterocycles. The number of rotatable bonds is 4. The van der Waals surface area contributed by atoms with Gasteiger partial charge in [0.05, 0.1) is 0 Å². The van der Waals surface area contributed by atoms with Crippen LogP contribution < -0.4 is 10.6 Å². The molecule has 1 aliphatic heterocycles. The van der Waals surface area contributed by atoms with Gasteiger partial charge in [-0.25, -0.2) is 4.39 Å². The van der Waals surface area contributed by atoms with E-state index in [9.17, 15) is 4.39 Å². The second-order valence-corrected chi connectivity index (χ2v) is 5.09. The highest BCUT2D eigenvalue weighted by atomic mass is 19.1. The molecule has 1 fully saturated rings. The maximum Gasteiger partial charge on any atom is 0.125 e. The maximum atomic E-state index is 13.2. The Labute approximate surface area is 103 Å². The first-order valence-corrected chi connectivity index (χ1v) is 6.40. The number of hydrogen-bond donors (Lipinski definition) is 2. The molecule has 1 aromatic carbocycles. The Morgan fingerprint density at radius 1 is 1.47 bits per heavy atom. The quantitative estimate of drug-likeness (QED) is 0.839. The third-order valence-electron chi connectivity index (χ3n) is 3.26. The number of aryl methyl sites for hydroxylation is 1. The molecule has 3 heteroatoms. The van der Waals surface area contributed by atoms with Crippen molar-refractivity contribution in [2.24, 2.45) is 0 Å². The summed E-state index contributed by atoms with van der Waals surface area (Å²) in [5, 5.41) is 6.85. The van der Waals surface area contributed by atoms with Crippen LogP contribution in [0, 0.1) is 12.7 Å². The van der Waals surface area contributed by atoms with Crippen LogP contribution in [-0.4, -0.2) is 18.6 Å². The minimum absolute atomic E-state index is 0.168. The van der Waals surface area contributed by atoms with Crippen LogP contribution in [0.4, 0.5) is 10.1 Å². The maximum absolute atomic E-state index is 13.2. The van der Waals surface area contributed by atoms with E-state index in [1.807, 2.05) is 13.0 Å². The first-order valence-electron chi connectivity index (χ1n) is 6.40. The van der Waals surface area contributed by atoms with Gasteiger partial charge < -0.3 is 10.6 Å². The van der Waals surface area contributed by atoms with Crippen molar-refractivity contribution in [3.63, 3.8) is 0 Å². The van der Waals surface area contributed by atoms with Crippen molar-refractivity contribution in [3.8, 4) is 0 Å². The third kappa shape index (κ3) is 3.70. The molecule has 0 aliphatic carbocycles. The van der Waals surface area contributed by atoms with Crippen molar-refractivity contribution in [1.29, 1.82) is 0 Å². The predicted molar refractivity (Wildman–Crippen MR) is 69.9 cm³/mol. The van der Waals surface area contributed by atoms with Crippen molar-refractivity contribution in [3.05, 3.63) is 29.6 Å². The fraction of sp³-hybridized carbons (Fsp3) is 0.571. The number of nitrogens with one attached hydrogen (secondary N) is 2. The van der Waals surface area contributed by atoms with E-state index in [-0.39, 0.29) is 5.82 Å². The first-order chi connectivity index (χ1) is 8.13. The van der Waals surface area contributed by atoms with Crippen LogP contribution in [-0.2, 0) is 0 Å². The molecule has 0 bridgehead atoms. The molecule has 2 N–H and O–H groups in total. The lowest BCUT2D eigenvalue weighted by Gasteiger charge is -2.19. The molecule has 2 unspecified atom stereocenters. The second-order valence-electron chi connectivity index (χ2n) is 5.09. The topological polar surface area (TPSA) is 24.1 Å². The summed E-state index contributed by atoms with van der Waals surface area (Å²) in [6, 6.07) is 6.08. The van der Waals surface area contributed by atoms with E-state index in [0.717, 1.165) is 24.2 Å². The summed E-state index contributed by atoms with van der Waals surface area (Å²) in [6.07, 6.45) is 3.63. The molecule has 0 aromatic heterocycles. The number of anilines is 1. The highest BCUT2D eigenvalue weighted by Crippen LogP contribution is 2.17. The van der Waals surface area contributed by atoms with E-state index in [1.165, 1.54) is 12.8 Å². The fourth-order valence-corrected chi connectivity index (χ4v) is 2.55. The summed E-state index contributed by atoms with van der Waals surface area (Å²) in [7, 11) is 0. The molecule has 2 nitrogen and oxygen atoms in total. The minimum atomic E-state index is -0.168. The Bertz CT molecular complexity index is 352. The normalized spacial score (nSPS) is 21.5. The number of benzene rings is 1. The molecular formula is C14H21FN2. The van der Waals surface area contributed by atoms with E-state index < -0.39 is 0 Å². The van der Waals surface area contributed by atoms with Crippen LogP contribution in [0.5, 0.6) is 0 Å². The Morgan fingerprint density at radius 2 is 2.29 bits per heavy atom. The van der Waals surface area contributed by atoms with Gasteiger partial charge in [0.2, 0.25) is 0 Å². The first kappa shape index (κ1) is 12.4. The Balaban J connectivity index is 1.90. The third-order valence-corrected chi connectivity index (χ3v) is 3.26. The predicted octanol–water partition coefficient (Wildman–Crippen LogP) is 3.08. The van der Waals surface area contributed by atoms with Crippen LogP contribution >= 0.6 is 0 Å². The second kappa shape index (κ2) is 5.50. The molecule has 1 saturated heterocycles. The zero-order valence-electron chi connectivity index (χ0n) is 10.6. The number of halogens is 1. The van der Waals surface area contributed by atoms with Crippen molar-refractivity contribution >= 4 is 5.69 Å². The monoisotopic (exact) mass is 236 g/mol. The Morgan fingerprint density at radius 3 is 2.94 bits per heavy atom.